The molecule has 1 fully saturated rings. The molecule has 2 rings (SSSR count). The zero-order valence-electron chi connectivity index (χ0n) is 14.4. The molecule has 0 radical (unpaired) electrons. The quantitative estimate of drug-likeness (QED) is 0.818. The smallest absolute Gasteiger partial charge is 0.410 e. The summed E-state index contributed by atoms with van der Waals surface area (Å²) in [5.41, 5.74) is 5.55. The molecule has 0 atom stereocenters. The minimum Gasteiger partial charge on any atom is -0.444 e. The van der Waals surface area contributed by atoms with E-state index in [4.69, 9.17) is 10.5 Å². The highest BCUT2D eigenvalue weighted by Crippen LogP contribution is 2.19. The molecule has 1 aliphatic heterocycles. The van der Waals surface area contributed by atoms with Gasteiger partial charge in [-0.05, 0) is 51.5 Å². The fraction of sp³-hybridized carbons (Fsp3) is 0.562. The van der Waals surface area contributed by atoms with Crippen LogP contribution in [0.5, 0.6) is 0 Å². The number of anilines is 1. The van der Waals surface area contributed by atoms with Crippen LogP contribution in [0.2, 0.25) is 0 Å². The van der Waals surface area contributed by atoms with E-state index in [-0.39, 0.29) is 11.4 Å². The Morgan fingerprint density at radius 3 is 2.29 bits per heavy atom. The summed E-state index contributed by atoms with van der Waals surface area (Å²) in [6.07, 6.45) is 0.155. The van der Waals surface area contributed by atoms with Gasteiger partial charge in [-0.2, -0.15) is 4.31 Å². The van der Waals surface area contributed by atoms with Gasteiger partial charge in [0.1, 0.15) is 5.60 Å². The first kappa shape index (κ1) is 18.5. The fourth-order valence-electron chi connectivity index (χ4n) is 2.43. The zero-order chi connectivity index (χ0) is 18.0. The largest absolute Gasteiger partial charge is 0.444 e. The van der Waals surface area contributed by atoms with Crippen LogP contribution in [0.15, 0.2) is 29.2 Å². The third-order valence-electron chi connectivity index (χ3n) is 3.62. The van der Waals surface area contributed by atoms with Gasteiger partial charge in [0.2, 0.25) is 10.0 Å². The molecule has 1 heterocycles. The van der Waals surface area contributed by atoms with Crippen molar-refractivity contribution in [3.05, 3.63) is 24.3 Å². The summed E-state index contributed by atoms with van der Waals surface area (Å²) in [6, 6.07) is 6.14. The number of nitrogens with zero attached hydrogens (tertiary/aromatic N) is 2. The molecule has 1 aromatic rings. The number of amides is 1. The van der Waals surface area contributed by atoms with Crippen LogP contribution >= 0.6 is 0 Å². The standard InChI is InChI=1S/C16H25N3O4S/c1-16(2,3)23-15(20)18-9-4-10-19(12-11-18)24(21,22)14-7-5-13(17)6-8-14/h5-8H,4,9-12,17H2,1-3H3. The van der Waals surface area contributed by atoms with E-state index in [9.17, 15) is 13.2 Å². The molecule has 134 valence electrons. The van der Waals surface area contributed by atoms with Gasteiger partial charge in [-0.25, -0.2) is 13.2 Å². The molecule has 0 aliphatic carbocycles. The van der Waals surface area contributed by atoms with Crippen LogP contribution in [0.3, 0.4) is 0 Å². The second-order valence-corrected chi connectivity index (χ2v) is 8.73. The molecule has 0 bridgehead atoms. The summed E-state index contributed by atoms with van der Waals surface area (Å²) < 4.78 is 32.2. The molecule has 7 nitrogen and oxygen atoms in total. The third kappa shape index (κ3) is 4.61. The Balaban J connectivity index is 2.07. The third-order valence-corrected chi connectivity index (χ3v) is 5.54. The molecule has 1 aliphatic rings. The number of ether oxygens (including phenoxy) is 1. The molecule has 2 N–H and O–H groups in total. The monoisotopic (exact) mass is 355 g/mol. The number of carbonyl (C=O) groups excluding carboxylic acids is 1. The minimum absolute atomic E-state index is 0.211. The minimum atomic E-state index is -3.59. The predicted octanol–water partition coefficient (Wildman–Crippen LogP) is 1.90. The molecular formula is C16H25N3O4S. The van der Waals surface area contributed by atoms with Crippen molar-refractivity contribution in [2.24, 2.45) is 0 Å². The Morgan fingerprint density at radius 2 is 1.71 bits per heavy atom. The van der Waals surface area contributed by atoms with Crippen molar-refractivity contribution in [3.63, 3.8) is 0 Å². The first-order chi connectivity index (χ1) is 11.1. The normalized spacial score (nSPS) is 17.4. The molecular weight excluding hydrogens is 330 g/mol. The molecule has 0 saturated carbocycles. The summed E-state index contributed by atoms with van der Waals surface area (Å²) >= 11 is 0. The van der Waals surface area contributed by atoms with Crippen LogP contribution in [0.25, 0.3) is 0 Å². The van der Waals surface area contributed by atoms with Crippen LogP contribution in [0.4, 0.5) is 10.5 Å². The number of nitrogen functional groups attached to an aromatic ring is 1. The summed E-state index contributed by atoms with van der Waals surface area (Å²) in [4.78, 5) is 13.9. The second kappa shape index (κ2) is 6.98. The predicted molar refractivity (Wildman–Crippen MR) is 92.0 cm³/mol. The van der Waals surface area contributed by atoms with E-state index < -0.39 is 21.7 Å². The van der Waals surface area contributed by atoms with Crippen molar-refractivity contribution in [1.82, 2.24) is 9.21 Å². The molecule has 24 heavy (non-hydrogen) atoms. The van der Waals surface area contributed by atoms with Gasteiger partial charge in [0.25, 0.3) is 0 Å². The van der Waals surface area contributed by atoms with Crippen LogP contribution in [0.1, 0.15) is 27.2 Å². The van der Waals surface area contributed by atoms with E-state index >= 15 is 0 Å². The van der Waals surface area contributed by atoms with Gasteiger partial charge in [-0.15, -0.1) is 0 Å². The Labute approximate surface area is 143 Å². The average molecular weight is 355 g/mol. The lowest BCUT2D eigenvalue weighted by atomic mass is 10.2. The topological polar surface area (TPSA) is 92.9 Å². The molecule has 8 heteroatoms. The molecule has 0 spiro atoms. The summed E-state index contributed by atoms with van der Waals surface area (Å²) in [7, 11) is -3.59. The maximum absolute atomic E-state index is 12.7. The highest BCUT2D eigenvalue weighted by Gasteiger charge is 2.29. The van der Waals surface area contributed by atoms with Crippen molar-refractivity contribution in [2.45, 2.75) is 37.7 Å². The van der Waals surface area contributed by atoms with E-state index in [0.717, 1.165) is 0 Å². The molecule has 1 amide bonds. The number of hydrogen-bond acceptors (Lipinski definition) is 5. The lowest BCUT2D eigenvalue weighted by Crippen LogP contribution is -2.40. The Morgan fingerprint density at radius 1 is 1.08 bits per heavy atom. The van der Waals surface area contributed by atoms with E-state index in [1.807, 2.05) is 0 Å². The molecule has 0 unspecified atom stereocenters. The number of carbonyl (C=O) groups is 1. The van der Waals surface area contributed by atoms with Crippen molar-refractivity contribution in [3.8, 4) is 0 Å². The van der Waals surface area contributed by atoms with E-state index in [2.05, 4.69) is 0 Å². The van der Waals surface area contributed by atoms with Crippen molar-refractivity contribution >= 4 is 21.8 Å². The Kier molecular flexibility index (Phi) is 5.39. The maximum atomic E-state index is 12.7. The second-order valence-electron chi connectivity index (χ2n) is 6.79. The average Bonchev–Trinajstić information content (AvgIpc) is 2.72. The van der Waals surface area contributed by atoms with Crippen molar-refractivity contribution in [2.75, 3.05) is 31.9 Å². The fourth-order valence-corrected chi connectivity index (χ4v) is 3.90. The van der Waals surface area contributed by atoms with Gasteiger partial charge >= 0.3 is 6.09 Å². The van der Waals surface area contributed by atoms with Gasteiger partial charge in [0, 0.05) is 31.9 Å². The zero-order valence-corrected chi connectivity index (χ0v) is 15.2. The number of nitrogens with two attached hydrogens (primary N) is 1. The highest BCUT2D eigenvalue weighted by atomic mass is 32.2. The first-order valence-corrected chi connectivity index (χ1v) is 9.37. The van der Waals surface area contributed by atoms with Crippen LogP contribution in [-0.2, 0) is 14.8 Å². The molecule has 1 aromatic carbocycles. The van der Waals surface area contributed by atoms with Crippen LogP contribution in [-0.4, -0.2) is 55.5 Å². The Hall–Kier alpha value is -1.80. The van der Waals surface area contributed by atoms with Gasteiger partial charge < -0.3 is 15.4 Å². The van der Waals surface area contributed by atoms with Crippen LogP contribution < -0.4 is 5.73 Å². The summed E-state index contributed by atoms with van der Waals surface area (Å²) in [6.45, 7) is 6.81. The molecule has 0 aromatic heterocycles. The SMILES string of the molecule is CC(C)(C)OC(=O)N1CCCN(S(=O)(=O)c2ccc(N)cc2)CC1. The number of sulfonamides is 1. The van der Waals surface area contributed by atoms with Crippen LogP contribution in [0, 0.1) is 0 Å². The van der Waals surface area contributed by atoms with Gasteiger partial charge in [-0.3, -0.25) is 0 Å². The number of hydrogen-bond donors (Lipinski definition) is 1. The Bertz CT molecular complexity index is 680. The maximum Gasteiger partial charge on any atom is 0.410 e. The van der Waals surface area contributed by atoms with Gasteiger partial charge in [-0.1, -0.05) is 0 Å². The van der Waals surface area contributed by atoms with E-state index in [1.165, 1.54) is 16.4 Å². The van der Waals surface area contributed by atoms with E-state index in [1.54, 1.807) is 37.8 Å². The van der Waals surface area contributed by atoms with Gasteiger partial charge in [0.15, 0.2) is 0 Å². The number of benzene rings is 1. The van der Waals surface area contributed by atoms with E-state index in [0.29, 0.717) is 31.7 Å². The lowest BCUT2D eigenvalue weighted by Gasteiger charge is -2.26. The molecule has 1 saturated heterocycles. The summed E-state index contributed by atoms with van der Waals surface area (Å²) in [5.74, 6) is 0. The van der Waals surface area contributed by atoms with Crippen molar-refractivity contribution in [1.29, 1.82) is 0 Å². The van der Waals surface area contributed by atoms with Crippen molar-refractivity contribution < 1.29 is 17.9 Å². The first-order valence-electron chi connectivity index (χ1n) is 7.93. The highest BCUT2D eigenvalue weighted by molar-refractivity contribution is 7.89. The van der Waals surface area contributed by atoms with Gasteiger partial charge in [0.05, 0.1) is 4.90 Å². The number of rotatable bonds is 2. The summed E-state index contributed by atoms with van der Waals surface area (Å²) in [5, 5.41) is 0. The lowest BCUT2D eigenvalue weighted by molar-refractivity contribution is 0.0260.